The molecule has 0 spiro atoms. The van der Waals surface area contributed by atoms with Gasteiger partial charge in [0.2, 0.25) is 0 Å². The summed E-state index contributed by atoms with van der Waals surface area (Å²) in [5.74, 6) is 3.15. The summed E-state index contributed by atoms with van der Waals surface area (Å²) in [6.07, 6.45) is 1.64. The maximum atomic E-state index is 5.82. The van der Waals surface area contributed by atoms with Crippen molar-refractivity contribution < 1.29 is 13.9 Å². The number of rotatable bonds is 7. The molecule has 0 amide bonds. The largest absolute Gasteiger partial charge is 0.494 e. The van der Waals surface area contributed by atoms with E-state index in [1.165, 1.54) is 0 Å². The van der Waals surface area contributed by atoms with E-state index >= 15 is 0 Å². The molecule has 6 heteroatoms. The van der Waals surface area contributed by atoms with Gasteiger partial charge in [-0.3, -0.25) is 0 Å². The Bertz CT molecular complexity index is 815. The molecule has 3 rings (SSSR count). The van der Waals surface area contributed by atoms with Gasteiger partial charge in [-0.25, -0.2) is 0 Å². The molecule has 1 heterocycles. The minimum Gasteiger partial charge on any atom is -0.494 e. The summed E-state index contributed by atoms with van der Waals surface area (Å²) in [7, 11) is 0. The van der Waals surface area contributed by atoms with Gasteiger partial charge in [-0.15, -0.1) is 0 Å². The van der Waals surface area contributed by atoms with Crippen LogP contribution in [-0.2, 0) is 6.54 Å². The molecule has 5 nitrogen and oxygen atoms in total. The first kappa shape index (κ1) is 17.8. The molecule has 0 bridgehead atoms. The molecule has 2 aromatic carbocycles. The van der Waals surface area contributed by atoms with E-state index in [-0.39, 0.29) is 0 Å². The molecule has 0 unspecified atom stereocenters. The number of furan rings is 1. The predicted octanol–water partition coefficient (Wildman–Crippen LogP) is 4.96. The third-order valence-corrected chi connectivity index (χ3v) is 3.73. The number of hydrogen-bond acceptors (Lipinski definition) is 4. The average molecular weight is 368 g/mol. The van der Waals surface area contributed by atoms with Crippen molar-refractivity contribution in [3.8, 4) is 17.2 Å². The average Bonchev–Trinajstić information content (AvgIpc) is 3.17. The van der Waals surface area contributed by atoms with E-state index in [9.17, 15) is 0 Å². The minimum absolute atomic E-state index is 0.529. The monoisotopic (exact) mass is 368 g/mol. The van der Waals surface area contributed by atoms with Crippen LogP contribution in [0.15, 0.2) is 71.3 Å². The second-order valence-corrected chi connectivity index (χ2v) is 5.83. The van der Waals surface area contributed by atoms with Gasteiger partial charge in [0.1, 0.15) is 23.0 Å². The van der Waals surface area contributed by atoms with Crippen molar-refractivity contribution in [2.24, 2.45) is 0 Å². The highest BCUT2D eigenvalue weighted by molar-refractivity contribution is 7.80. The molecule has 26 heavy (non-hydrogen) atoms. The van der Waals surface area contributed by atoms with Crippen LogP contribution in [0.4, 0.5) is 5.69 Å². The second-order valence-electron chi connectivity index (χ2n) is 5.42. The number of hydrogen-bond donors (Lipinski definition) is 2. The minimum atomic E-state index is 0.529. The van der Waals surface area contributed by atoms with Crippen molar-refractivity contribution in [1.82, 2.24) is 5.32 Å². The van der Waals surface area contributed by atoms with E-state index in [1.807, 2.05) is 67.6 Å². The number of ether oxygens (including phenoxy) is 2. The van der Waals surface area contributed by atoms with Gasteiger partial charge in [-0.1, -0.05) is 0 Å². The van der Waals surface area contributed by atoms with E-state index in [0.717, 1.165) is 28.7 Å². The molecule has 3 aromatic rings. The number of benzene rings is 2. The van der Waals surface area contributed by atoms with Gasteiger partial charge in [0.25, 0.3) is 0 Å². The third kappa shape index (κ3) is 5.26. The highest BCUT2D eigenvalue weighted by Crippen LogP contribution is 2.25. The lowest BCUT2D eigenvalue weighted by molar-refractivity contribution is 0.339. The van der Waals surface area contributed by atoms with Crippen LogP contribution >= 0.6 is 12.2 Å². The molecule has 2 N–H and O–H groups in total. The van der Waals surface area contributed by atoms with Gasteiger partial charge < -0.3 is 24.5 Å². The van der Waals surface area contributed by atoms with Gasteiger partial charge in [0, 0.05) is 5.69 Å². The zero-order chi connectivity index (χ0) is 18.2. The Morgan fingerprint density at radius 2 is 1.62 bits per heavy atom. The van der Waals surface area contributed by atoms with Crippen molar-refractivity contribution in [3.63, 3.8) is 0 Å². The molecular formula is C20H20N2O3S. The van der Waals surface area contributed by atoms with Crippen LogP contribution in [0.2, 0.25) is 0 Å². The topological polar surface area (TPSA) is 55.7 Å². The summed E-state index contributed by atoms with van der Waals surface area (Å²) in [5.41, 5.74) is 0.876. The Kier molecular flexibility index (Phi) is 6.11. The Morgan fingerprint density at radius 3 is 2.23 bits per heavy atom. The second kappa shape index (κ2) is 8.92. The maximum absolute atomic E-state index is 5.82. The Hall–Kier alpha value is -2.99. The summed E-state index contributed by atoms with van der Waals surface area (Å²) in [6.45, 7) is 3.14. The van der Waals surface area contributed by atoms with Gasteiger partial charge in [-0.2, -0.15) is 0 Å². The highest BCUT2D eigenvalue weighted by atomic mass is 32.1. The lowest BCUT2D eigenvalue weighted by Crippen LogP contribution is -2.27. The Labute approximate surface area is 157 Å². The van der Waals surface area contributed by atoms with E-state index in [4.69, 9.17) is 26.1 Å². The summed E-state index contributed by atoms with van der Waals surface area (Å²) in [5, 5.41) is 6.74. The summed E-state index contributed by atoms with van der Waals surface area (Å²) in [6, 6.07) is 18.8. The first-order valence-corrected chi connectivity index (χ1v) is 8.72. The summed E-state index contributed by atoms with van der Waals surface area (Å²) >= 11 is 5.27. The molecular weight excluding hydrogens is 348 g/mol. The molecule has 0 saturated carbocycles. The van der Waals surface area contributed by atoms with E-state index in [2.05, 4.69) is 10.6 Å². The molecule has 0 aliphatic heterocycles. The molecule has 134 valence electrons. The molecule has 0 aliphatic rings. The molecule has 0 atom stereocenters. The number of nitrogens with one attached hydrogen (secondary N) is 2. The van der Waals surface area contributed by atoms with Crippen LogP contribution < -0.4 is 20.1 Å². The van der Waals surface area contributed by atoms with Crippen LogP contribution in [-0.4, -0.2) is 11.7 Å². The molecule has 0 fully saturated rings. The van der Waals surface area contributed by atoms with Crippen molar-refractivity contribution in [1.29, 1.82) is 0 Å². The van der Waals surface area contributed by atoms with Gasteiger partial charge in [-0.05, 0) is 79.8 Å². The van der Waals surface area contributed by atoms with E-state index in [1.54, 1.807) is 6.26 Å². The smallest absolute Gasteiger partial charge is 0.171 e. The quantitative estimate of drug-likeness (QED) is 0.575. The van der Waals surface area contributed by atoms with Crippen molar-refractivity contribution >= 4 is 23.0 Å². The fraction of sp³-hybridized carbons (Fsp3) is 0.150. The van der Waals surface area contributed by atoms with Crippen LogP contribution in [0, 0.1) is 0 Å². The standard InChI is InChI=1S/C20H20N2O3S/c1-2-23-16-9-11-18(12-10-16)25-17-7-5-15(6-8-17)22-20(26)21-14-19-4-3-13-24-19/h3-13H,2,14H2,1H3,(H2,21,22,26). The van der Waals surface area contributed by atoms with Crippen LogP contribution in [0.3, 0.4) is 0 Å². The fourth-order valence-electron chi connectivity index (χ4n) is 2.27. The van der Waals surface area contributed by atoms with Crippen molar-refractivity contribution in [3.05, 3.63) is 72.7 Å². The maximum Gasteiger partial charge on any atom is 0.171 e. The lowest BCUT2D eigenvalue weighted by atomic mass is 10.3. The molecule has 1 aromatic heterocycles. The third-order valence-electron chi connectivity index (χ3n) is 3.49. The van der Waals surface area contributed by atoms with Crippen molar-refractivity contribution in [2.45, 2.75) is 13.5 Å². The summed E-state index contributed by atoms with van der Waals surface area (Å²) in [4.78, 5) is 0. The zero-order valence-electron chi connectivity index (χ0n) is 14.4. The zero-order valence-corrected chi connectivity index (χ0v) is 15.2. The normalized spacial score (nSPS) is 10.2. The van der Waals surface area contributed by atoms with E-state index in [0.29, 0.717) is 18.3 Å². The lowest BCUT2D eigenvalue weighted by Gasteiger charge is -2.11. The van der Waals surface area contributed by atoms with Gasteiger partial charge in [0.15, 0.2) is 5.11 Å². The van der Waals surface area contributed by atoms with E-state index < -0.39 is 0 Å². The van der Waals surface area contributed by atoms with Gasteiger partial charge in [0.05, 0.1) is 19.4 Å². The molecule has 0 aliphatic carbocycles. The summed E-state index contributed by atoms with van der Waals surface area (Å²) < 4.78 is 16.5. The SMILES string of the molecule is CCOc1ccc(Oc2ccc(NC(=S)NCc3ccco3)cc2)cc1. The van der Waals surface area contributed by atoms with Crippen LogP contribution in [0.1, 0.15) is 12.7 Å². The number of thiocarbonyl (C=S) groups is 1. The molecule has 0 saturated heterocycles. The van der Waals surface area contributed by atoms with Crippen LogP contribution in [0.25, 0.3) is 0 Å². The highest BCUT2D eigenvalue weighted by Gasteiger charge is 2.02. The fourth-order valence-corrected chi connectivity index (χ4v) is 2.46. The van der Waals surface area contributed by atoms with Crippen molar-refractivity contribution in [2.75, 3.05) is 11.9 Å². The Morgan fingerprint density at radius 1 is 0.962 bits per heavy atom. The first-order chi connectivity index (χ1) is 12.7. The predicted molar refractivity (Wildman–Crippen MR) is 106 cm³/mol. The van der Waals surface area contributed by atoms with Crippen LogP contribution in [0.5, 0.6) is 17.2 Å². The van der Waals surface area contributed by atoms with Gasteiger partial charge >= 0.3 is 0 Å². The number of anilines is 1. The Balaban J connectivity index is 1.50. The molecule has 0 radical (unpaired) electrons. The first-order valence-electron chi connectivity index (χ1n) is 8.31.